The predicted molar refractivity (Wildman–Crippen MR) is 67.4 cm³/mol. The molecule has 2 aromatic rings. The van der Waals surface area contributed by atoms with Gasteiger partial charge >= 0.3 is 0 Å². The lowest BCUT2D eigenvalue weighted by atomic mass is 10.3. The van der Waals surface area contributed by atoms with E-state index >= 15 is 0 Å². The molecule has 0 aliphatic heterocycles. The third-order valence-corrected chi connectivity index (χ3v) is 2.62. The standard InChI is InChI=1S/C13H12BrNO/c1-10-4-2-6-12(15-10)9-16-13-7-3-5-11(14)8-13/h2-8H,9H2,1H3. The molecular formula is C13H12BrNO. The Bertz CT molecular complexity index is 439. The Labute approximate surface area is 103 Å². The molecule has 0 fully saturated rings. The van der Waals surface area contributed by atoms with E-state index in [1.165, 1.54) is 0 Å². The molecule has 0 amide bonds. The van der Waals surface area contributed by atoms with Crippen LogP contribution in [0.4, 0.5) is 0 Å². The van der Waals surface area contributed by atoms with Crippen molar-refractivity contribution < 1.29 is 4.74 Å². The minimum atomic E-state index is 0.498. The fourth-order valence-electron chi connectivity index (χ4n) is 1.39. The molecule has 16 heavy (non-hydrogen) atoms. The molecule has 1 aromatic carbocycles. The maximum atomic E-state index is 5.64. The summed E-state index contributed by atoms with van der Waals surface area (Å²) in [4.78, 5) is 4.37. The molecule has 0 aliphatic rings. The Hall–Kier alpha value is -1.35. The molecule has 0 saturated carbocycles. The Morgan fingerprint density at radius 1 is 1.19 bits per heavy atom. The number of ether oxygens (including phenoxy) is 1. The predicted octanol–water partition coefficient (Wildman–Crippen LogP) is 3.73. The van der Waals surface area contributed by atoms with Gasteiger partial charge in [-0.1, -0.05) is 28.1 Å². The van der Waals surface area contributed by atoms with Gasteiger partial charge < -0.3 is 4.74 Å². The number of hydrogen-bond acceptors (Lipinski definition) is 2. The van der Waals surface area contributed by atoms with E-state index in [0.29, 0.717) is 6.61 Å². The Balaban J connectivity index is 2.02. The quantitative estimate of drug-likeness (QED) is 0.853. The van der Waals surface area contributed by atoms with Crippen molar-refractivity contribution in [1.29, 1.82) is 0 Å². The van der Waals surface area contributed by atoms with Crippen LogP contribution in [0.25, 0.3) is 0 Å². The Morgan fingerprint density at radius 2 is 2.00 bits per heavy atom. The van der Waals surface area contributed by atoms with Crippen molar-refractivity contribution in [2.75, 3.05) is 0 Å². The Kier molecular flexibility index (Phi) is 3.57. The lowest BCUT2D eigenvalue weighted by Crippen LogP contribution is -1.98. The molecule has 0 bridgehead atoms. The molecule has 0 unspecified atom stereocenters. The highest BCUT2D eigenvalue weighted by molar-refractivity contribution is 9.10. The number of nitrogens with zero attached hydrogens (tertiary/aromatic N) is 1. The molecule has 2 nitrogen and oxygen atoms in total. The highest BCUT2D eigenvalue weighted by Crippen LogP contribution is 2.18. The number of hydrogen-bond donors (Lipinski definition) is 0. The van der Waals surface area contributed by atoms with Gasteiger partial charge in [0.05, 0.1) is 5.69 Å². The molecular weight excluding hydrogens is 266 g/mol. The van der Waals surface area contributed by atoms with Gasteiger partial charge in [-0.25, -0.2) is 0 Å². The van der Waals surface area contributed by atoms with Crippen molar-refractivity contribution in [1.82, 2.24) is 4.98 Å². The summed E-state index contributed by atoms with van der Waals surface area (Å²) >= 11 is 3.40. The number of pyridine rings is 1. The molecule has 0 N–H and O–H groups in total. The van der Waals surface area contributed by atoms with E-state index < -0.39 is 0 Å². The van der Waals surface area contributed by atoms with Gasteiger partial charge in [0, 0.05) is 10.2 Å². The molecule has 1 heterocycles. The molecule has 82 valence electrons. The van der Waals surface area contributed by atoms with Crippen LogP contribution >= 0.6 is 15.9 Å². The first kappa shape index (κ1) is 11.1. The van der Waals surface area contributed by atoms with Gasteiger partial charge in [-0.15, -0.1) is 0 Å². The number of halogens is 1. The summed E-state index contributed by atoms with van der Waals surface area (Å²) in [5, 5.41) is 0. The molecule has 3 heteroatoms. The first-order valence-electron chi connectivity index (χ1n) is 5.05. The third kappa shape index (κ3) is 3.07. The second-order valence-electron chi connectivity index (χ2n) is 3.52. The molecule has 0 spiro atoms. The molecule has 2 rings (SSSR count). The van der Waals surface area contributed by atoms with Gasteiger partial charge in [0.1, 0.15) is 12.4 Å². The van der Waals surface area contributed by atoms with Crippen molar-refractivity contribution >= 4 is 15.9 Å². The fourth-order valence-corrected chi connectivity index (χ4v) is 1.77. The average Bonchev–Trinajstić information content (AvgIpc) is 2.27. The van der Waals surface area contributed by atoms with E-state index in [1.807, 2.05) is 49.4 Å². The van der Waals surface area contributed by atoms with E-state index in [0.717, 1.165) is 21.6 Å². The number of aromatic nitrogens is 1. The summed E-state index contributed by atoms with van der Waals surface area (Å²) in [7, 11) is 0. The smallest absolute Gasteiger partial charge is 0.130 e. The largest absolute Gasteiger partial charge is 0.487 e. The maximum absolute atomic E-state index is 5.64. The minimum absolute atomic E-state index is 0.498. The second-order valence-corrected chi connectivity index (χ2v) is 4.43. The minimum Gasteiger partial charge on any atom is -0.487 e. The summed E-state index contributed by atoms with van der Waals surface area (Å²) < 4.78 is 6.65. The summed E-state index contributed by atoms with van der Waals surface area (Å²) in [5.74, 6) is 0.845. The zero-order valence-electron chi connectivity index (χ0n) is 8.98. The van der Waals surface area contributed by atoms with E-state index in [9.17, 15) is 0 Å². The van der Waals surface area contributed by atoms with Gasteiger partial charge in [-0.3, -0.25) is 4.98 Å². The van der Waals surface area contributed by atoms with Gasteiger partial charge in [0.25, 0.3) is 0 Å². The van der Waals surface area contributed by atoms with Crippen molar-refractivity contribution in [2.24, 2.45) is 0 Å². The van der Waals surface area contributed by atoms with Crippen LogP contribution in [-0.4, -0.2) is 4.98 Å². The summed E-state index contributed by atoms with van der Waals surface area (Å²) in [5.41, 5.74) is 1.95. The Morgan fingerprint density at radius 3 is 2.75 bits per heavy atom. The second kappa shape index (κ2) is 5.12. The van der Waals surface area contributed by atoms with Crippen LogP contribution in [0, 0.1) is 6.92 Å². The van der Waals surface area contributed by atoms with Crippen LogP contribution in [0.3, 0.4) is 0 Å². The first-order valence-corrected chi connectivity index (χ1v) is 5.84. The average molecular weight is 278 g/mol. The molecule has 0 aliphatic carbocycles. The number of benzene rings is 1. The highest BCUT2D eigenvalue weighted by Gasteiger charge is 1.98. The molecule has 0 saturated heterocycles. The first-order chi connectivity index (χ1) is 7.74. The molecule has 1 aromatic heterocycles. The summed E-state index contributed by atoms with van der Waals surface area (Å²) in [6, 6.07) is 13.7. The lowest BCUT2D eigenvalue weighted by molar-refractivity contribution is 0.301. The van der Waals surface area contributed by atoms with Gasteiger partial charge in [-0.05, 0) is 37.3 Å². The topological polar surface area (TPSA) is 22.1 Å². The van der Waals surface area contributed by atoms with Gasteiger partial charge in [-0.2, -0.15) is 0 Å². The normalized spacial score (nSPS) is 10.1. The van der Waals surface area contributed by atoms with Crippen molar-refractivity contribution in [3.05, 3.63) is 58.3 Å². The van der Waals surface area contributed by atoms with E-state index in [-0.39, 0.29) is 0 Å². The SMILES string of the molecule is Cc1cccc(COc2cccc(Br)c2)n1. The van der Waals surface area contributed by atoms with Gasteiger partial charge in [0.2, 0.25) is 0 Å². The molecule has 0 radical (unpaired) electrons. The number of rotatable bonds is 3. The van der Waals surface area contributed by atoms with Crippen molar-refractivity contribution in [3.8, 4) is 5.75 Å². The maximum Gasteiger partial charge on any atom is 0.130 e. The van der Waals surface area contributed by atoms with Crippen molar-refractivity contribution in [2.45, 2.75) is 13.5 Å². The highest BCUT2D eigenvalue weighted by atomic mass is 79.9. The monoisotopic (exact) mass is 277 g/mol. The lowest BCUT2D eigenvalue weighted by Gasteiger charge is -2.06. The van der Waals surface area contributed by atoms with Crippen LogP contribution < -0.4 is 4.74 Å². The summed E-state index contributed by atoms with van der Waals surface area (Å²) in [6.07, 6.45) is 0. The van der Waals surface area contributed by atoms with Crippen LogP contribution in [-0.2, 0) is 6.61 Å². The van der Waals surface area contributed by atoms with Crippen molar-refractivity contribution in [3.63, 3.8) is 0 Å². The van der Waals surface area contributed by atoms with Gasteiger partial charge in [0.15, 0.2) is 0 Å². The van der Waals surface area contributed by atoms with Crippen LogP contribution in [0.1, 0.15) is 11.4 Å². The van der Waals surface area contributed by atoms with E-state index in [4.69, 9.17) is 4.74 Å². The van der Waals surface area contributed by atoms with Crippen LogP contribution in [0.2, 0.25) is 0 Å². The third-order valence-electron chi connectivity index (χ3n) is 2.13. The zero-order valence-corrected chi connectivity index (χ0v) is 10.6. The molecule has 0 atom stereocenters. The fraction of sp³-hybridized carbons (Fsp3) is 0.154. The van der Waals surface area contributed by atoms with Crippen LogP contribution in [0.5, 0.6) is 5.75 Å². The summed E-state index contributed by atoms with van der Waals surface area (Å²) in [6.45, 7) is 2.47. The van der Waals surface area contributed by atoms with E-state index in [2.05, 4.69) is 20.9 Å². The number of aryl methyl sites for hydroxylation is 1. The zero-order chi connectivity index (χ0) is 11.4. The van der Waals surface area contributed by atoms with E-state index in [1.54, 1.807) is 0 Å². The van der Waals surface area contributed by atoms with Crippen LogP contribution in [0.15, 0.2) is 46.9 Å².